The Bertz CT molecular complexity index is 1180. The van der Waals surface area contributed by atoms with Crippen LogP contribution in [0.1, 0.15) is 48.5 Å². The first-order chi connectivity index (χ1) is 18.9. The number of fused-ring (bicyclic) bond motifs is 1. The van der Waals surface area contributed by atoms with Crippen molar-refractivity contribution < 1.29 is 28.8 Å². The molecular weight excluding hydrogens is 516 g/mol. The molecule has 1 aliphatic heterocycles. The van der Waals surface area contributed by atoms with E-state index in [-0.39, 0.29) is 42.5 Å². The normalized spacial score (nSPS) is 17.9. The largest absolute Gasteiger partial charge is 0.487 e. The van der Waals surface area contributed by atoms with Crippen LogP contribution in [0, 0.1) is 19.8 Å². The number of aromatic nitrogens is 1. The molecule has 0 fully saturated rings. The summed E-state index contributed by atoms with van der Waals surface area (Å²) < 4.78 is 11.5. The summed E-state index contributed by atoms with van der Waals surface area (Å²) in [5.74, 6) is 0.254. The number of anilines is 2. The molecule has 1 aromatic heterocycles. The number of benzene rings is 1. The van der Waals surface area contributed by atoms with Crippen LogP contribution in [0.15, 0.2) is 22.7 Å². The number of ether oxygens (including phenoxy) is 1. The van der Waals surface area contributed by atoms with Crippen molar-refractivity contribution in [2.75, 3.05) is 58.0 Å². The summed E-state index contributed by atoms with van der Waals surface area (Å²) in [5.41, 5.74) is 1.88. The molecule has 3 rings (SSSR count). The van der Waals surface area contributed by atoms with Crippen LogP contribution in [0.2, 0.25) is 0 Å². The molecule has 3 N–H and O–H groups in total. The molecule has 1 aromatic carbocycles. The average Bonchev–Trinajstić information content (AvgIpc) is 3.22. The van der Waals surface area contributed by atoms with E-state index in [1.54, 1.807) is 50.9 Å². The number of likely N-dealkylation sites (N-methyl/N-ethyl adjacent to an activating group) is 1. The lowest BCUT2D eigenvalue weighted by molar-refractivity contribution is -0.116. The highest BCUT2D eigenvalue weighted by molar-refractivity contribution is 6.00. The van der Waals surface area contributed by atoms with Crippen molar-refractivity contribution in [2.24, 2.45) is 5.92 Å². The van der Waals surface area contributed by atoms with Crippen molar-refractivity contribution in [2.45, 2.75) is 52.7 Å². The quantitative estimate of drug-likeness (QED) is 0.404. The topological polar surface area (TPSA) is 140 Å². The lowest BCUT2D eigenvalue weighted by Gasteiger charge is -2.38. The van der Waals surface area contributed by atoms with Crippen molar-refractivity contribution in [1.82, 2.24) is 19.9 Å². The predicted octanol–water partition coefficient (Wildman–Crippen LogP) is 2.96. The molecule has 0 bridgehead atoms. The van der Waals surface area contributed by atoms with Gasteiger partial charge in [0.05, 0.1) is 24.8 Å². The van der Waals surface area contributed by atoms with Crippen molar-refractivity contribution in [3.05, 3.63) is 35.2 Å². The number of hydrogen-bond donors (Lipinski definition) is 3. The van der Waals surface area contributed by atoms with E-state index >= 15 is 0 Å². The van der Waals surface area contributed by atoms with Crippen LogP contribution in [0.3, 0.4) is 0 Å². The third-order valence-corrected chi connectivity index (χ3v) is 7.02. The number of rotatable bonds is 10. The smallest absolute Gasteiger partial charge is 0.321 e. The van der Waals surface area contributed by atoms with Gasteiger partial charge in [0.15, 0.2) is 5.76 Å². The molecule has 0 saturated carbocycles. The van der Waals surface area contributed by atoms with Gasteiger partial charge in [0, 0.05) is 31.6 Å². The molecule has 12 heteroatoms. The van der Waals surface area contributed by atoms with Crippen molar-refractivity contribution in [3.8, 4) is 5.75 Å². The molecule has 0 spiro atoms. The van der Waals surface area contributed by atoms with Crippen molar-refractivity contribution in [3.63, 3.8) is 0 Å². The fourth-order valence-electron chi connectivity index (χ4n) is 4.51. The fraction of sp³-hybridized carbons (Fsp3) is 0.571. The summed E-state index contributed by atoms with van der Waals surface area (Å²) in [4.78, 5) is 44.2. The van der Waals surface area contributed by atoms with Crippen LogP contribution < -0.4 is 15.4 Å². The molecule has 40 heavy (non-hydrogen) atoms. The summed E-state index contributed by atoms with van der Waals surface area (Å²) in [6, 6.07) is 4.19. The summed E-state index contributed by atoms with van der Waals surface area (Å²) in [7, 11) is 5.57. The molecule has 1 aliphatic rings. The Balaban J connectivity index is 1.82. The molecule has 4 amide bonds. The number of nitrogens with zero attached hydrogens (tertiary/aromatic N) is 4. The number of aryl methyl sites for hydroxylation is 2. The maximum absolute atomic E-state index is 13.6. The third-order valence-electron chi connectivity index (χ3n) is 7.02. The van der Waals surface area contributed by atoms with Crippen LogP contribution in [0.25, 0.3) is 0 Å². The number of aliphatic hydroxyl groups is 1. The van der Waals surface area contributed by atoms with Gasteiger partial charge in [-0.1, -0.05) is 12.1 Å². The summed E-state index contributed by atoms with van der Waals surface area (Å²) in [6.45, 7) is 8.33. The van der Waals surface area contributed by atoms with Crippen LogP contribution in [-0.4, -0.2) is 102 Å². The van der Waals surface area contributed by atoms with Gasteiger partial charge in [-0.3, -0.25) is 9.59 Å². The molecule has 2 heterocycles. The number of aliphatic hydroxyl groups excluding tert-OH is 1. The predicted molar refractivity (Wildman–Crippen MR) is 152 cm³/mol. The maximum Gasteiger partial charge on any atom is 0.321 e. The number of nitrogens with one attached hydrogen (secondary N) is 2. The van der Waals surface area contributed by atoms with E-state index in [2.05, 4.69) is 15.8 Å². The van der Waals surface area contributed by atoms with Gasteiger partial charge in [-0.2, -0.15) is 0 Å². The minimum Gasteiger partial charge on any atom is -0.487 e. The SMILES string of the molecule is Cc1noc(C)c1NC(=O)N(C)C[C@@H]1Oc2ccc(NC(=O)CCCN(C)C)cc2C(=O)N([C@@H](C)CO)C[C@H]1C. The Morgan fingerprint density at radius 2 is 1.95 bits per heavy atom. The molecule has 0 saturated heterocycles. The van der Waals surface area contributed by atoms with Gasteiger partial charge in [0.2, 0.25) is 5.91 Å². The Morgan fingerprint density at radius 3 is 2.58 bits per heavy atom. The van der Waals surface area contributed by atoms with E-state index < -0.39 is 12.1 Å². The van der Waals surface area contributed by atoms with E-state index in [4.69, 9.17) is 9.26 Å². The lowest BCUT2D eigenvalue weighted by Crippen LogP contribution is -2.50. The molecular formula is C28H42N6O6. The van der Waals surface area contributed by atoms with Gasteiger partial charge in [0.25, 0.3) is 5.91 Å². The second-order valence-corrected chi connectivity index (χ2v) is 10.8. The highest BCUT2D eigenvalue weighted by Gasteiger charge is 2.34. The first-order valence-corrected chi connectivity index (χ1v) is 13.5. The van der Waals surface area contributed by atoms with E-state index in [1.807, 2.05) is 25.9 Å². The third kappa shape index (κ3) is 7.72. The van der Waals surface area contributed by atoms with Gasteiger partial charge in [0.1, 0.15) is 23.2 Å². The molecule has 0 unspecified atom stereocenters. The summed E-state index contributed by atoms with van der Waals surface area (Å²) in [6.07, 6.45) is 0.604. The number of urea groups is 1. The minimum absolute atomic E-state index is 0.140. The molecule has 220 valence electrons. The average molecular weight is 559 g/mol. The lowest BCUT2D eigenvalue weighted by atomic mass is 9.99. The maximum atomic E-state index is 13.6. The van der Waals surface area contributed by atoms with E-state index in [1.165, 1.54) is 4.90 Å². The Kier molecular flexibility index (Phi) is 10.5. The number of hydrogen-bond acceptors (Lipinski definition) is 8. The first kappa shape index (κ1) is 30.9. The molecule has 0 radical (unpaired) electrons. The number of amides is 4. The van der Waals surface area contributed by atoms with Crippen LogP contribution in [-0.2, 0) is 4.79 Å². The standard InChI is InChI=1S/C28H42N6O6/c1-17-14-34(18(2)16-35)27(37)22-13-21(29-25(36)9-8-12-32(5)6)10-11-23(22)39-24(17)15-33(7)28(38)30-26-19(3)31-40-20(26)4/h10-11,13,17-18,24,35H,8-9,12,14-16H2,1-7H3,(H,29,36)(H,30,38)/t17-,18+,24+/m1/s1. The summed E-state index contributed by atoms with van der Waals surface area (Å²) >= 11 is 0. The monoisotopic (exact) mass is 558 g/mol. The fourth-order valence-corrected chi connectivity index (χ4v) is 4.51. The van der Waals surface area contributed by atoms with Gasteiger partial charge in [-0.05, 0) is 66.0 Å². The Morgan fingerprint density at radius 1 is 1.23 bits per heavy atom. The zero-order valence-electron chi connectivity index (χ0n) is 24.5. The Hall–Kier alpha value is -3.64. The first-order valence-electron chi connectivity index (χ1n) is 13.5. The number of carbonyl (C=O) groups is 3. The highest BCUT2D eigenvalue weighted by Crippen LogP contribution is 2.31. The van der Waals surface area contributed by atoms with Gasteiger partial charge in [-0.25, -0.2) is 4.79 Å². The van der Waals surface area contributed by atoms with Gasteiger partial charge >= 0.3 is 6.03 Å². The number of carbonyl (C=O) groups excluding carboxylic acids is 3. The van der Waals surface area contributed by atoms with Gasteiger partial charge in [-0.15, -0.1) is 0 Å². The van der Waals surface area contributed by atoms with Gasteiger partial charge < -0.3 is 39.7 Å². The molecule has 12 nitrogen and oxygen atoms in total. The second-order valence-electron chi connectivity index (χ2n) is 10.8. The highest BCUT2D eigenvalue weighted by atomic mass is 16.5. The van der Waals surface area contributed by atoms with Crippen molar-refractivity contribution in [1.29, 1.82) is 0 Å². The van der Waals surface area contributed by atoms with Crippen LogP contribution in [0.4, 0.5) is 16.2 Å². The second kappa shape index (κ2) is 13.6. The van der Waals surface area contributed by atoms with Crippen LogP contribution in [0.5, 0.6) is 5.75 Å². The zero-order valence-corrected chi connectivity index (χ0v) is 24.5. The van der Waals surface area contributed by atoms with Crippen LogP contribution >= 0.6 is 0 Å². The molecule has 0 aliphatic carbocycles. The van der Waals surface area contributed by atoms with E-state index in [9.17, 15) is 19.5 Å². The Labute approximate surface area is 235 Å². The molecule has 2 aromatic rings. The molecule has 3 atom stereocenters. The van der Waals surface area contributed by atoms with Crippen molar-refractivity contribution >= 4 is 29.2 Å². The summed E-state index contributed by atoms with van der Waals surface area (Å²) in [5, 5.41) is 19.5. The van der Waals surface area contributed by atoms with E-state index in [0.717, 1.165) is 6.54 Å². The zero-order chi connectivity index (χ0) is 29.6. The van der Waals surface area contributed by atoms with E-state index in [0.29, 0.717) is 48.0 Å². The minimum atomic E-state index is -0.466.